The van der Waals surface area contributed by atoms with Crippen molar-refractivity contribution in [3.63, 3.8) is 0 Å². The molecule has 1 aromatic heterocycles. The Morgan fingerprint density at radius 2 is 2.24 bits per heavy atom. The molecule has 0 N–H and O–H groups in total. The van der Waals surface area contributed by atoms with Gasteiger partial charge in [0, 0.05) is 19.7 Å². The molecule has 0 aromatic carbocycles. The number of nitrogens with zero attached hydrogens (tertiary/aromatic N) is 4. The lowest BCUT2D eigenvalue weighted by molar-refractivity contribution is 0.183. The third-order valence-corrected chi connectivity index (χ3v) is 2.96. The molecule has 1 heterocycles. The van der Waals surface area contributed by atoms with E-state index in [1.165, 1.54) is 0 Å². The summed E-state index contributed by atoms with van der Waals surface area (Å²) in [6, 6.07) is 0.347. The molecular weight excluding hydrogens is 284 g/mol. The van der Waals surface area contributed by atoms with E-state index in [-0.39, 0.29) is 0 Å². The molecule has 6 heteroatoms. The van der Waals surface area contributed by atoms with Crippen LogP contribution in [0.1, 0.15) is 25.7 Å². The van der Waals surface area contributed by atoms with Gasteiger partial charge in [-0.15, -0.1) is 0 Å². The lowest BCUT2D eigenvalue weighted by Gasteiger charge is -2.20. The smallest absolute Gasteiger partial charge is 0.141 e. The van der Waals surface area contributed by atoms with Gasteiger partial charge in [-0.05, 0) is 20.9 Å². The third kappa shape index (κ3) is 4.73. The molecule has 5 nitrogen and oxygen atoms in total. The Morgan fingerprint density at radius 3 is 2.82 bits per heavy atom. The maximum Gasteiger partial charge on any atom is 0.141 e. The molecule has 0 saturated heterocycles. The molecule has 17 heavy (non-hydrogen) atoms. The van der Waals surface area contributed by atoms with Crippen LogP contribution in [0.5, 0.6) is 0 Å². The van der Waals surface area contributed by atoms with Crippen LogP contribution in [0, 0.1) is 0 Å². The summed E-state index contributed by atoms with van der Waals surface area (Å²) in [7, 11) is 3.78. The summed E-state index contributed by atoms with van der Waals surface area (Å²) in [5, 5.41) is 4.23. The van der Waals surface area contributed by atoms with E-state index in [9.17, 15) is 0 Å². The van der Waals surface area contributed by atoms with E-state index in [0.29, 0.717) is 17.5 Å². The zero-order chi connectivity index (χ0) is 12.8. The van der Waals surface area contributed by atoms with E-state index in [0.717, 1.165) is 18.9 Å². The zero-order valence-corrected chi connectivity index (χ0v) is 12.5. The van der Waals surface area contributed by atoms with Crippen molar-refractivity contribution < 1.29 is 4.74 Å². The fraction of sp³-hybridized carbons (Fsp3) is 0.818. The number of halogens is 1. The van der Waals surface area contributed by atoms with Crippen LogP contribution in [0.4, 0.5) is 0 Å². The second-order valence-electron chi connectivity index (χ2n) is 4.46. The average Bonchev–Trinajstić information content (AvgIpc) is 2.65. The normalized spacial score (nSPS) is 13.6. The van der Waals surface area contributed by atoms with Gasteiger partial charge in [0.25, 0.3) is 0 Å². The van der Waals surface area contributed by atoms with E-state index in [1.54, 1.807) is 13.4 Å². The van der Waals surface area contributed by atoms with Crippen LogP contribution in [-0.4, -0.2) is 51.8 Å². The number of alkyl halides is 1. The molecular formula is C11H21BrN4O. The molecule has 0 spiro atoms. The molecule has 0 radical (unpaired) electrons. The summed E-state index contributed by atoms with van der Waals surface area (Å²) in [4.78, 5) is 6.84. The molecule has 1 atom stereocenters. The lowest BCUT2D eigenvalue weighted by Crippen LogP contribution is -2.29. The summed E-state index contributed by atoms with van der Waals surface area (Å²) in [5.41, 5.74) is 0. The van der Waals surface area contributed by atoms with Crippen LogP contribution in [-0.2, 0) is 11.3 Å². The van der Waals surface area contributed by atoms with Crippen molar-refractivity contribution in [1.82, 2.24) is 19.7 Å². The van der Waals surface area contributed by atoms with Crippen molar-refractivity contribution in [2.75, 3.05) is 27.3 Å². The summed E-state index contributed by atoms with van der Waals surface area (Å²) in [5.74, 6) is 1.000. The monoisotopic (exact) mass is 304 g/mol. The lowest BCUT2D eigenvalue weighted by atomic mass is 10.3. The molecule has 0 aliphatic carbocycles. The maximum atomic E-state index is 5.09. The molecule has 0 aliphatic rings. The minimum absolute atomic E-state index is 0.341. The number of hydrogen-bond acceptors (Lipinski definition) is 4. The average molecular weight is 305 g/mol. The van der Waals surface area contributed by atoms with Crippen molar-refractivity contribution in [1.29, 1.82) is 0 Å². The Hall–Kier alpha value is -0.460. The van der Waals surface area contributed by atoms with E-state index in [2.05, 4.69) is 51.8 Å². The molecule has 0 saturated carbocycles. The van der Waals surface area contributed by atoms with Gasteiger partial charge in [0.15, 0.2) is 0 Å². The van der Waals surface area contributed by atoms with Gasteiger partial charge in [-0.1, -0.05) is 15.9 Å². The number of rotatable bonds is 7. The number of ether oxygens (including phenoxy) is 1. The van der Waals surface area contributed by atoms with Crippen LogP contribution in [0.15, 0.2) is 6.33 Å². The standard InChI is InChI=1S/C11H21BrN4O/c1-9(2)16-11(13-8-14-16)6-15(3)5-10(12)7-17-4/h8-10H,5-7H2,1-4H3. The van der Waals surface area contributed by atoms with Gasteiger partial charge in [-0.25, -0.2) is 9.67 Å². The molecule has 98 valence electrons. The van der Waals surface area contributed by atoms with Gasteiger partial charge in [0.2, 0.25) is 0 Å². The van der Waals surface area contributed by atoms with Crippen LogP contribution < -0.4 is 0 Å². The first kappa shape index (κ1) is 14.6. The Bertz CT molecular complexity index is 329. The van der Waals surface area contributed by atoms with Crippen LogP contribution in [0.3, 0.4) is 0 Å². The SMILES string of the molecule is COCC(Br)CN(C)Cc1ncnn1C(C)C. The molecule has 1 rings (SSSR count). The Balaban J connectivity index is 2.50. The minimum atomic E-state index is 0.341. The highest BCUT2D eigenvalue weighted by molar-refractivity contribution is 9.09. The van der Waals surface area contributed by atoms with Gasteiger partial charge in [0.05, 0.1) is 18.0 Å². The highest BCUT2D eigenvalue weighted by atomic mass is 79.9. The maximum absolute atomic E-state index is 5.09. The van der Waals surface area contributed by atoms with Crippen molar-refractivity contribution in [2.24, 2.45) is 0 Å². The van der Waals surface area contributed by atoms with Crippen LogP contribution >= 0.6 is 15.9 Å². The van der Waals surface area contributed by atoms with Gasteiger partial charge in [-0.2, -0.15) is 5.10 Å². The number of hydrogen-bond donors (Lipinski definition) is 0. The van der Waals surface area contributed by atoms with E-state index in [1.807, 2.05) is 4.68 Å². The highest BCUT2D eigenvalue weighted by Gasteiger charge is 2.12. The third-order valence-electron chi connectivity index (χ3n) is 2.41. The van der Waals surface area contributed by atoms with Crippen molar-refractivity contribution >= 4 is 15.9 Å². The second kappa shape index (κ2) is 7.08. The largest absolute Gasteiger partial charge is 0.383 e. The topological polar surface area (TPSA) is 43.2 Å². The first-order chi connectivity index (χ1) is 8.04. The van der Waals surface area contributed by atoms with Gasteiger partial charge < -0.3 is 4.74 Å². The summed E-state index contributed by atoms with van der Waals surface area (Å²) in [6.07, 6.45) is 1.62. The molecule has 0 aliphatic heterocycles. The van der Waals surface area contributed by atoms with E-state index < -0.39 is 0 Å². The molecule has 0 fully saturated rings. The van der Waals surface area contributed by atoms with Gasteiger partial charge in [-0.3, -0.25) is 4.90 Å². The Morgan fingerprint density at radius 1 is 1.53 bits per heavy atom. The number of aromatic nitrogens is 3. The predicted octanol–water partition coefficient (Wildman–Crippen LogP) is 1.70. The first-order valence-corrected chi connectivity index (χ1v) is 6.66. The van der Waals surface area contributed by atoms with Gasteiger partial charge in [0.1, 0.15) is 12.2 Å². The fourth-order valence-corrected chi connectivity index (χ4v) is 2.45. The van der Waals surface area contributed by atoms with Crippen LogP contribution in [0.25, 0.3) is 0 Å². The minimum Gasteiger partial charge on any atom is -0.383 e. The predicted molar refractivity (Wildman–Crippen MR) is 71.3 cm³/mol. The highest BCUT2D eigenvalue weighted by Crippen LogP contribution is 2.09. The second-order valence-corrected chi connectivity index (χ2v) is 5.76. The molecule has 0 bridgehead atoms. The Kier molecular flexibility index (Phi) is 6.08. The molecule has 1 unspecified atom stereocenters. The quantitative estimate of drug-likeness (QED) is 0.719. The Labute approximate surface area is 111 Å². The van der Waals surface area contributed by atoms with Crippen molar-refractivity contribution in [3.05, 3.63) is 12.2 Å². The van der Waals surface area contributed by atoms with Gasteiger partial charge >= 0.3 is 0 Å². The summed E-state index contributed by atoms with van der Waals surface area (Å²) in [6.45, 7) is 6.64. The number of methoxy groups -OCH3 is 1. The van der Waals surface area contributed by atoms with Crippen molar-refractivity contribution in [3.8, 4) is 0 Å². The molecule has 0 amide bonds. The zero-order valence-electron chi connectivity index (χ0n) is 10.9. The van der Waals surface area contributed by atoms with Crippen LogP contribution in [0.2, 0.25) is 0 Å². The van der Waals surface area contributed by atoms with E-state index in [4.69, 9.17) is 4.74 Å². The first-order valence-electron chi connectivity index (χ1n) is 5.74. The van der Waals surface area contributed by atoms with E-state index >= 15 is 0 Å². The fourth-order valence-electron chi connectivity index (χ4n) is 1.70. The molecule has 1 aromatic rings. The van der Waals surface area contributed by atoms with Crippen molar-refractivity contribution in [2.45, 2.75) is 31.3 Å². The summed E-state index contributed by atoms with van der Waals surface area (Å²) < 4.78 is 7.05. The summed E-state index contributed by atoms with van der Waals surface area (Å²) >= 11 is 3.58.